The molecule has 1 amide bonds. The molecule has 0 heterocycles. The van der Waals surface area contributed by atoms with Crippen molar-refractivity contribution in [2.45, 2.75) is 12.2 Å². The van der Waals surface area contributed by atoms with E-state index in [4.69, 9.17) is 5.11 Å². The van der Waals surface area contributed by atoms with Crippen LogP contribution in [0.3, 0.4) is 0 Å². The average Bonchev–Trinajstić information content (AvgIpc) is 2.44. The molecule has 19 heavy (non-hydrogen) atoms. The van der Waals surface area contributed by atoms with Crippen LogP contribution in [0.5, 0.6) is 0 Å². The maximum Gasteiger partial charge on any atom is 0.237 e. The Hall–Kier alpha value is -1.52. The van der Waals surface area contributed by atoms with Gasteiger partial charge in [-0.05, 0) is 29.8 Å². The monoisotopic (exact) mass is 275 g/mol. The standard InChI is InChI=1S/C15H17NO2S/c1-11(19-9-8-17)15(18)16-14-7-6-12-4-2-3-5-13(12)10-14/h2-7,10-11,17H,8-9H2,1H3,(H,16,18)/t11-/m1/s1. The molecule has 0 unspecified atom stereocenters. The Balaban J connectivity index is 2.06. The Labute approximate surface area is 117 Å². The van der Waals surface area contributed by atoms with Crippen molar-refractivity contribution >= 4 is 34.1 Å². The van der Waals surface area contributed by atoms with Crippen molar-refractivity contribution in [2.24, 2.45) is 0 Å². The number of aliphatic hydroxyl groups is 1. The molecule has 0 saturated heterocycles. The SMILES string of the molecule is C[C@@H](SCCO)C(=O)Nc1ccc2ccccc2c1. The molecule has 4 heteroatoms. The highest BCUT2D eigenvalue weighted by atomic mass is 32.2. The third-order valence-electron chi connectivity index (χ3n) is 2.85. The Morgan fingerprint density at radius 2 is 2.00 bits per heavy atom. The predicted octanol–water partition coefficient (Wildman–Crippen LogP) is 2.89. The molecule has 0 bridgehead atoms. The number of amides is 1. The molecule has 0 aliphatic rings. The minimum absolute atomic E-state index is 0.0336. The van der Waals surface area contributed by atoms with E-state index in [1.54, 1.807) is 0 Å². The van der Waals surface area contributed by atoms with E-state index in [9.17, 15) is 4.79 Å². The number of hydrogen-bond acceptors (Lipinski definition) is 3. The maximum absolute atomic E-state index is 11.9. The molecule has 0 aromatic heterocycles. The van der Waals surface area contributed by atoms with Gasteiger partial charge in [-0.3, -0.25) is 4.79 Å². The van der Waals surface area contributed by atoms with E-state index in [0.717, 1.165) is 16.5 Å². The lowest BCUT2D eigenvalue weighted by Crippen LogP contribution is -2.23. The first-order valence-electron chi connectivity index (χ1n) is 6.23. The number of carbonyl (C=O) groups excluding carboxylic acids is 1. The zero-order chi connectivity index (χ0) is 13.7. The topological polar surface area (TPSA) is 49.3 Å². The number of fused-ring (bicyclic) bond motifs is 1. The number of anilines is 1. The quantitative estimate of drug-likeness (QED) is 0.882. The molecule has 2 N–H and O–H groups in total. The van der Waals surface area contributed by atoms with E-state index >= 15 is 0 Å². The van der Waals surface area contributed by atoms with Crippen molar-refractivity contribution in [2.75, 3.05) is 17.7 Å². The number of rotatable bonds is 5. The number of nitrogens with one attached hydrogen (secondary N) is 1. The molecule has 3 nitrogen and oxygen atoms in total. The average molecular weight is 275 g/mol. The molecule has 0 spiro atoms. The fraction of sp³-hybridized carbons (Fsp3) is 0.267. The first kappa shape index (κ1) is 13.9. The molecule has 0 aliphatic carbocycles. The maximum atomic E-state index is 11.9. The van der Waals surface area contributed by atoms with E-state index in [0.29, 0.717) is 5.75 Å². The molecule has 0 saturated carbocycles. The molecular weight excluding hydrogens is 258 g/mol. The number of hydrogen-bond donors (Lipinski definition) is 2. The summed E-state index contributed by atoms with van der Waals surface area (Å²) in [6.07, 6.45) is 0. The van der Waals surface area contributed by atoms with Crippen LogP contribution >= 0.6 is 11.8 Å². The van der Waals surface area contributed by atoms with Crippen molar-refractivity contribution in [1.82, 2.24) is 0 Å². The molecule has 100 valence electrons. The molecule has 2 aromatic carbocycles. The summed E-state index contributed by atoms with van der Waals surface area (Å²) in [4.78, 5) is 11.9. The molecule has 2 aromatic rings. The molecule has 0 radical (unpaired) electrons. The lowest BCUT2D eigenvalue weighted by molar-refractivity contribution is -0.115. The highest BCUT2D eigenvalue weighted by Crippen LogP contribution is 2.20. The lowest BCUT2D eigenvalue weighted by atomic mass is 10.1. The highest BCUT2D eigenvalue weighted by Gasteiger charge is 2.13. The van der Waals surface area contributed by atoms with Gasteiger partial charge in [-0.25, -0.2) is 0 Å². The van der Waals surface area contributed by atoms with Gasteiger partial charge in [-0.1, -0.05) is 30.3 Å². The molecule has 1 atom stereocenters. The summed E-state index contributed by atoms with van der Waals surface area (Å²) in [7, 11) is 0. The predicted molar refractivity (Wildman–Crippen MR) is 81.6 cm³/mol. The van der Waals surface area contributed by atoms with Gasteiger partial charge in [0.15, 0.2) is 0 Å². The highest BCUT2D eigenvalue weighted by molar-refractivity contribution is 8.00. The summed E-state index contributed by atoms with van der Waals surface area (Å²) < 4.78 is 0. The van der Waals surface area contributed by atoms with Crippen LogP contribution < -0.4 is 5.32 Å². The third-order valence-corrected chi connectivity index (χ3v) is 3.98. The van der Waals surface area contributed by atoms with Crippen molar-refractivity contribution in [3.05, 3.63) is 42.5 Å². The normalized spacial score (nSPS) is 12.3. The second-order valence-electron chi connectivity index (χ2n) is 4.29. The first-order chi connectivity index (χ1) is 9.20. The molecule has 2 rings (SSSR count). The largest absolute Gasteiger partial charge is 0.396 e. The Kier molecular flexibility index (Phi) is 4.82. The zero-order valence-electron chi connectivity index (χ0n) is 10.8. The van der Waals surface area contributed by atoms with Gasteiger partial charge in [0.25, 0.3) is 0 Å². The minimum Gasteiger partial charge on any atom is -0.396 e. The summed E-state index contributed by atoms with van der Waals surface area (Å²) in [6.45, 7) is 1.94. The smallest absolute Gasteiger partial charge is 0.237 e. The summed E-state index contributed by atoms with van der Waals surface area (Å²) >= 11 is 1.45. The van der Waals surface area contributed by atoms with Crippen LogP contribution in [0.2, 0.25) is 0 Å². The van der Waals surface area contributed by atoms with Gasteiger partial charge >= 0.3 is 0 Å². The number of benzene rings is 2. The molecule has 0 aliphatic heterocycles. The lowest BCUT2D eigenvalue weighted by Gasteiger charge is -2.11. The van der Waals surface area contributed by atoms with E-state index in [1.165, 1.54) is 11.8 Å². The van der Waals surface area contributed by atoms with E-state index in [-0.39, 0.29) is 17.8 Å². The molecule has 0 fully saturated rings. The van der Waals surface area contributed by atoms with Gasteiger partial charge in [-0.15, -0.1) is 11.8 Å². The van der Waals surface area contributed by atoms with Gasteiger partial charge < -0.3 is 10.4 Å². The summed E-state index contributed by atoms with van der Waals surface area (Å²) in [5, 5.41) is 13.7. The fourth-order valence-corrected chi connectivity index (χ4v) is 2.49. The minimum atomic E-state index is -0.168. The van der Waals surface area contributed by atoms with Crippen molar-refractivity contribution in [3.8, 4) is 0 Å². The summed E-state index contributed by atoms with van der Waals surface area (Å²) in [5.74, 6) is 0.542. The van der Waals surface area contributed by atoms with E-state index in [2.05, 4.69) is 5.32 Å². The van der Waals surface area contributed by atoms with E-state index < -0.39 is 0 Å². The Bertz CT molecular complexity index is 571. The van der Waals surface area contributed by atoms with Crippen molar-refractivity contribution in [3.63, 3.8) is 0 Å². The van der Waals surface area contributed by atoms with Crippen LogP contribution in [0.25, 0.3) is 10.8 Å². The van der Waals surface area contributed by atoms with Gasteiger partial charge in [0.05, 0.1) is 11.9 Å². The van der Waals surface area contributed by atoms with Crippen molar-refractivity contribution < 1.29 is 9.90 Å². The van der Waals surface area contributed by atoms with Crippen LogP contribution in [-0.4, -0.2) is 28.6 Å². The van der Waals surface area contributed by atoms with E-state index in [1.807, 2.05) is 49.4 Å². The second kappa shape index (κ2) is 6.59. The summed E-state index contributed by atoms with van der Waals surface area (Å²) in [6, 6.07) is 13.9. The fourth-order valence-electron chi connectivity index (χ4n) is 1.82. The van der Waals surface area contributed by atoms with Crippen LogP contribution in [0.15, 0.2) is 42.5 Å². The van der Waals surface area contributed by atoms with Crippen LogP contribution in [0.4, 0.5) is 5.69 Å². The number of thioether (sulfide) groups is 1. The molecular formula is C15H17NO2S. The van der Waals surface area contributed by atoms with Crippen LogP contribution in [0.1, 0.15) is 6.92 Å². The van der Waals surface area contributed by atoms with Gasteiger partial charge in [0.1, 0.15) is 0 Å². The number of carbonyl (C=O) groups is 1. The van der Waals surface area contributed by atoms with Crippen LogP contribution in [-0.2, 0) is 4.79 Å². The summed E-state index contributed by atoms with van der Waals surface area (Å²) in [5.41, 5.74) is 0.806. The first-order valence-corrected chi connectivity index (χ1v) is 7.27. The zero-order valence-corrected chi connectivity index (χ0v) is 11.6. The van der Waals surface area contributed by atoms with Gasteiger partial charge in [0, 0.05) is 11.4 Å². The Morgan fingerprint density at radius 3 is 2.74 bits per heavy atom. The van der Waals surface area contributed by atoms with Gasteiger partial charge in [0.2, 0.25) is 5.91 Å². The van der Waals surface area contributed by atoms with Crippen molar-refractivity contribution in [1.29, 1.82) is 0 Å². The third kappa shape index (κ3) is 3.72. The van der Waals surface area contributed by atoms with Crippen LogP contribution in [0, 0.1) is 0 Å². The van der Waals surface area contributed by atoms with Gasteiger partial charge in [-0.2, -0.15) is 0 Å². The number of aliphatic hydroxyl groups excluding tert-OH is 1. The second-order valence-corrected chi connectivity index (χ2v) is 5.74. The Morgan fingerprint density at radius 1 is 1.26 bits per heavy atom.